The van der Waals surface area contributed by atoms with E-state index in [0.717, 1.165) is 4.70 Å². The summed E-state index contributed by atoms with van der Waals surface area (Å²) in [5, 5.41) is 10.4. The van der Waals surface area contributed by atoms with Crippen LogP contribution >= 0.6 is 11.3 Å². The van der Waals surface area contributed by atoms with E-state index in [4.69, 9.17) is 5.11 Å². The number of phenols is 1. The van der Waals surface area contributed by atoms with Gasteiger partial charge in [0, 0.05) is 9.58 Å². The summed E-state index contributed by atoms with van der Waals surface area (Å²) in [7, 11) is 0. The molecular formula is C9H8OS. The second-order valence-electron chi connectivity index (χ2n) is 2.58. The summed E-state index contributed by atoms with van der Waals surface area (Å²) in [4.78, 5) is 1.28. The molecule has 0 aliphatic heterocycles. The summed E-state index contributed by atoms with van der Waals surface area (Å²) in [6.45, 7) is 2.07. The average molecular weight is 164 g/mol. The van der Waals surface area contributed by atoms with Crippen LogP contribution in [0.15, 0.2) is 24.3 Å². The zero-order valence-electron chi connectivity index (χ0n) is 6.16. The lowest BCUT2D eigenvalue weighted by Gasteiger charge is -1.89. The molecule has 2 heteroatoms. The summed E-state index contributed by atoms with van der Waals surface area (Å²) < 4.78 is 1.16. The van der Waals surface area contributed by atoms with Crippen LogP contribution < -0.4 is 0 Å². The molecule has 0 radical (unpaired) electrons. The smallest absolute Gasteiger partial charge is 0.117 e. The number of hydrogen-bond acceptors (Lipinski definition) is 2. The molecule has 56 valence electrons. The fourth-order valence-electron chi connectivity index (χ4n) is 1.15. The average Bonchev–Trinajstić information content (AvgIpc) is 2.27. The topological polar surface area (TPSA) is 20.2 Å². The van der Waals surface area contributed by atoms with Crippen molar-refractivity contribution in [3.05, 3.63) is 29.1 Å². The maximum Gasteiger partial charge on any atom is 0.117 e. The summed E-state index contributed by atoms with van der Waals surface area (Å²) >= 11 is 1.71. The number of aryl methyl sites for hydroxylation is 1. The highest BCUT2D eigenvalue weighted by atomic mass is 32.1. The first-order valence-electron chi connectivity index (χ1n) is 3.45. The Morgan fingerprint density at radius 3 is 2.91 bits per heavy atom. The molecule has 0 fully saturated rings. The van der Waals surface area contributed by atoms with Gasteiger partial charge < -0.3 is 5.11 Å². The number of fused-ring (bicyclic) bond motifs is 1. The highest BCUT2D eigenvalue weighted by Crippen LogP contribution is 2.27. The van der Waals surface area contributed by atoms with Gasteiger partial charge >= 0.3 is 0 Å². The molecule has 0 aliphatic rings. The number of hydrogen-bond donors (Lipinski definition) is 1. The highest BCUT2D eigenvalue weighted by molar-refractivity contribution is 7.19. The third-order valence-corrected chi connectivity index (χ3v) is 2.64. The third-order valence-electron chi connectivity index (χ3n) is 1.63. The SMILES string of the molecule is Cc1cc2ccc(O)cc2s1. The monoisotopic (exact) mass is 164 g/mol. The van der Waals surface area contributed by atoms with Crippen LogP contribution in [0.2, 0.25) is 0 Å². The predicted octanol–water partition coefficient (Wildman–Crippen LogP) is 2.92. The summed E-state index contributed by atoms with van der Waals surface area (Å²) in [6.07, 6.45) is 0. The number of rotatable bonds is 0. The van der Waals surface area contributed by atoms with Gasteiger partial charge in [-0.1, -0.05) is 0 Å². The molecule has 1 aromatic heterocycles. The van der Waals surface area contributed by atoms with Crippen LogP contribution in [-0.2, 0) is 0 Å². The van der Waals surface area contributed by atoms with Crippen LogP contribution in [-0.4, -0.2) is 5.11 Å². The Morgan fingerprint density at radius 2 is 2.09 bits per heavy atom. The molecule has 11 heavy (non-hydrogen) atoms. The molecule has 0 atom stereocenters. The number of phenolic OH excluding ortho intramolecular Hbond substituents is 1. The minimum absolute atomic E-state index is 0.347. The summed E-state index contributed by atoms with van der Waals surface area (Å²) in [5.74, 6) is 0.347. The van der Waals surface area contributed by atoms with Crippen molar-refractivity contribution in [1.82, 2.24) is 0 Å². The lowest BCUT2D eigenvalue weighted by Crippen LogP contribution is -1.61. The van der Waals surface area contributed by atoms with E-state index in [0.29, 0.717) is 5.75 Å². The van der Waals surface area contributed by atoms with E-state index in [1.165, 1.54) is 10.3 Å². The quantitative estimate of drug-likeness (QED) is 0.634. The van der Waals surface area contributed by atoms with Crippen LogP contribution in [0.5, 0.6) is 5.75 Å². The first kappa shape index (κ1) is 6.68. The van der Waals surface area contributed by atoms with E-state index >= 15 is 0 Å². The van der Waals surface area contributed by atoms with Gasteiger partial charge in [0.15, 0.2) is 0 Å². The highest BCUT2D eigenvalue weighted by Gasteiger charge is 1.97. The van der Waals surface area contributed by atoms with Gasteiger partial charge in [0.25, 0.3) is 0 Å². The van der Waals surface area contributed by atoms with Gasteiger partial charge in [-0.25, -0.2) is 0 Å². The van der Waals surface area contributed by atoms with E-state index in [1.54, 1.807) is 23.5 Å². The Bertz CT molecular complexity index is 389. The number of thiophene rings is 1. The minimum atomic E-state index is 0.347. The molecule has 2 aromatic rings. The van der Waals surface area contributed by atoms with E-state index in [2.05, 4.69) is 13.0 Å². The van der Waals surface area contributed by atoms with Gasteiger partial charge in [-0.2, -0.15) is 0 Å². The van der Waals surface area contributed by atoms with E-state index in [1.807, 2.05) is 6.07 Å². The van der Waals surface area contributed by atoms with Crippen molar-refractivity contribution >= 4 is 21.4 Å². The lowest BCUT2D eigenvalue weighted by atomic mass is 10.2. The van der Waals surface area contributed by atoms with Gasteiger partial charge in [0.1, 0.15) is 5.75 Å². The first-order valence-corrected chi connectivity index (χ1v) is 4.26. The van der Waals surface area contributed by atoms with Crippen molar-refractivity contribution in [3.8, 4) is 5.75 Å². The number of aromatic hydroxyl groups is 1. The van der Waals surface area contributed by atoms with Gasteiger partial charge in [-0.3, -0.25) is 0 Å². The largest absolute Gasteiger partial charge is 0.508 e. The Kier molecular flexibility index (Phi) is 1.36. The standard InChI is InChI=1S/C9H8OS/c1-6-4-7-2-3-8(10)5-9(7)11-6/h2-5,10H,1H3. The van der Waals surface area contributed by atoms with Gasteiger partial charge in [0.2, 0.25) is 0 Å². The molecule has 0 amide bonds. The lowest BCUT2D eigenvalue weighted by molar-refractivity contribution is 0.476. The van der Waals surface area contributed by atoms with Crippen molar-refractivity contribution in [3.63, 3.8) is 0 Å². The molecule has 1 N–H and O–H groups in total. The first-order chi connectivity index (χ1) is 5.25. The Labute approximate surface area is 68.9 Å². The van der Waals surface area contributed by atoms with Crippen molar-refractivity contribution in [2.45, 2.75) is 6.92 Å². The zero-order valence-corrected chi connectivity index (χ0v) is 6.98. The Balaban J connectivity index is 2.82. The molecule has 0 spiro atoms. The molecule has 1 nitrogen and oxygen atoms in total. The summed E-state index contributed by atoms with van der Waals surface area (Å²) in [6, 6.07) is 7.58. The molecule has 2 rings (SSSR count). The van der Waals surface area contributed by atoms with Crippen molar-refractivity contribution in [1.29, 1.82) is 0 Å². The van der Waals surface area contributed by atoms with E-state index in [9.17, 15) is 0 Å². The maximum atomic E-state index is 9.15. The molecule has 1 aromatic carbocycles. The Morgan fingerprint density at radius 1 is 1.27 bits per heavy atom. The second kappa shape index (κ2) is 2.24. The van der Waals surface area contributed by atoms with E-state index < -0.39 is 0 Å². The summed E-state index contributed by atoms with van der Waals surface area (Å²) in [5.41, 5.74) is 0. The van der Waals surface area contributed by atoms with Crippen LogP contribution in [0.25, 0.3) is 10.1 Å². The maximum absolute atomic E-state index is 9.15. The molecule has 0 saturated carbocycles. The van der Waals surface area contributed by atoms with Crippen LogP contribution in [0.1, 0.15) is 4.88 Å². The second-order valence-corrected chi connectivity index (χ2v) is 3.87. The number of benzene rings is 1. The van der Waals surface area contributed by atoms with Crippen molar-refractivity contribution < 1.29 is 5.11 Å². The molecule has 1 heterocycles. The fraction of sp³-hybridized carbons (Fsp3) is 0.111. The molecule has 0 saturated heterocycles. The molecule has 0 aliphatic carbocycles. The van der Waals surface area contributed by atoms with Gasteiger partial charge in [-0.15, -0.1) is 11.3 Å². The van der Waals surface area contributed by atoms with Gasteiger partial charge in [-0.05, 0) is 36.6 Å². The van der Waals surface area contributed by atoms with Gasteiger partial charge in [0.05, 0.1) is 0 Å². The molecular weight excluding hydrogens is 156 g/mol. The van der Waals surface area contributed by atoms with Crippen LogP contribution in [0, 0.1) is 6.92 Å². The zero-order chi connectivity index (χ0) is 7.84. The predicted molar refractivity (Wildman–Crippen MR) is 48.2 cm³/mol. The van der Waals surface area contributed by atoms with Crippen LogP contribution in [0.3, 0.4) is 0 Å². The fourth-order valence-corrected chi connectivity index (χ4v) is 2.11. The Hall–Kier alpha value is -1.02. The van der Waals surface area contributed by atoms with E-state index in [-0.39, 0.29) is 0 Å². The normalized spacial score (nSPS) is 10.6. The molecule has 0 bridgehead atoms. The van der Waals surface area contributed by atoms with Crippen LogP contribution in [0.4, 0.5) is 0 Å². The third kappa shape index (κ3) is 1.10. The van der Waals surface area contributed by atoms with Crippen molar-refractivity contribution in [2.75, 3.05) is 0 Å². The molecule has 0 unspecified atom stereocenters. The minimum Gasteiger partial charge on any atom is -0.508 e. The van der Waals surface area contributed by atoms with Crippen molar-refractivity contribution in [2.24, 2.45) is 0 Å².